The number of sulfonamides is 1. The highest BCUT2D eigenvalue weighted by atomic mass is 32.2. The Morgan fingerprint density at radius 3 is 2.56 bits per heavy atom. The van der Waals surface area contributed by atoms with E-state index in [4.69, 9.17) is 16.0 Å². The Morgan fingerprint density at radius 1 is 1.14 bits per heavy atom. The summed E-state index contributed by atoms with van der Waals surface area (Å²) < 4.78 is 39.2. The van der Waals surface area contributed by atoms with E-state index < -0.39 is 62.6 Å². The highest BCUT2D eigenvalue weighted by molar-refractivity contribution is 7.91. The minimum absolute atomic E-state index is 0.0196. The Labute approximate surface area is 290 Å². The predicted molar refractivity (Wildman–Crippen MR) is 185 cm³/mol. The van der Waals surface area contributed by atoms with Crippen molar-refractivity contribution in [3.63, 3.8) is 0 Å². The van der Waals surface area contributed by atoms with Gasteiger partial charge in [-0.3, -0.25) is 19.1 Å². The van der Waals surface area contributed by atoms with Crippen LogP contribution in [0.4, 0.5) is 11.5 Å². The molecule has 3 fully saturated rings. The number of nitrogens with one attached hydrogen (secondary N) is 3. The van der Waals surface area contributed by atoms with Crippen molar-refractivity contribution in [2.45, 2.75) is 68.5 Å². The molecule has 2 saturated carbocycles. The highest BCUT2D eigenvalue weighted by Gasteiger charge is 2.62. The lowest BCUT2D eigenvalue weighted by Crippen LogP contribution is -2.58. The Kier molecular flexibility index (Phi) is 9.41. The SMILES string of the molecule is [C-]#[N+]c1ccnc(NC(C(=O)N2C[C@H](Oc3nccc4cc(OC)ccc34)C[C@H]2C(=O)N[C@]2(C(=O)NS(=O)(=O)C3CC3)C[C@H]2C=C)C(C)C)c1. The Bertz CT molecular complexity index is 1990. The number of hydrogen-bond donors (Lipinski definition) is 3. The molecule has 0 radical (unpaired) electrons. The molecule has 3 amide bonds. The molecular weight excluding hydrogens is 662 g/mol. The molecule has 0 bridgehead atoms. The summed E-state index contributed by atoms with van der Waals surface area (Å²) in [6, 6.07) is 8.45. The van der Waals surface area contributed by atoms with E-state index in [2.05, 4.69) is 36.7 Å². The van der Waals surface area contributed by atoms with Crippen LogP contribution in [-0.2, 0) is 24.4 Å². The highest BCUT2D eigenvalue weighted by Crippen LogP contribution is 2.45. The molecule has 0 spiro atoms. The smallest absolute Gasteiger partial charge is 0.259 e. The number of fused-ring (bicyclic) bond motifs is 1. The topological polar surface area (TPSA) is 173 Å². The van der Waals surface area contributed by atoms with Crippen molar-refractivity contribution < 1.29 is 32.3 Å². The number of rotatable bonds is 13. The molecule has 5 atom stereocenters. The van der Waals surface area contributed by atoms with Crippen LogP contribution in [0.15, 0.2) is 61.4 Å². The first-order valence-electron chi connectivity index (χ1n) is 16.4. The second kappa shape index (κ2) is 13.6. The van der Waals surface area contributed by atoms with Gasteiger partial charge in [-0.15, -0.1) is 6.58 Å². The lowest BCUT2D eigenvalue weighted by molar-refractivity contribution is -0.140. The van der Waals surface area contributed by atoms with Gasteiger partial charge in [0.25, 0.3) is 5.91 Å². The maximum atomic E-state index is 14.4. The van der Waals surface area contributed by atoms with Gasteiger partial charge in [0.05, 0.1) is 25.5 Å². The standard InChI is InChI=1S/C35H39N7O7S/c1-6-22-18-35(22,34(45)41-50(46,47)26-8-9-26)40-31(43)28-17-25(49-32-27-10-7-24(48-5)15-21(27)11-13-38-32)19-42(28)33(44)30(20(2)3)39-29-16-23(36-4)12-14-37-29/h6-7,10-16,20,22,25-26,28,30H,1,8-9,17-19H2,2-3,5H3,(H,37,39)(H,40,43)(H,41,45)/t22-,25-,28+,30?,35-/m1/s1. The first-order valence-corrected chi connectivity index (χ1v) is 17.9. The van der Waals surface area contributed by atoms with Crippen molar-refractivity contribution in [2.24, 2.45) is 11.8 Å². The fraction of sp³-hybridized carbons (Fsp3) is 0.429. The van der Waals surface area contributed by atoms with Gasteiger partial charge in [-0.05, 0) is 67.0 Å². The number of likely N-dealkylation sites (tertiary alicyclic amines) is 1. The minimum Gasteiger partial charge on any atom is -0.497 e. The molecule has 3 N–H and O–H groups in total. The molecule has 1 unspecified atom stereocenters. The summed E-state index contributed by atoms with van der Waals surface area (Å²) in [7, 11) is -2.30. The number of anilines is 1. The average molecular weight is 702 g/mol. The van der Waals surface area contributed by atoms with Crippen LogP contribution in [0.25, 0.3) is 15.6 Å². The summed E-state index contributed by atoms with van der Waals surface area (Å²) >= 11 is 0. The van der Waals surface area contributed by atoms with Gasteiger partial charge in [0.15, 0.2) is 5.69 Å². The van der Waals surface area contributed by atoms with Crippen LogP contribution in [0, 0.1) is 18.4 Å². The van der Waals surface area contributed by atoms with E-state index in [1.807, 2.05) is 32.0 Å². The molecule has 2 aromatic heterocycles. The number of hydrogen-bond acceptors (Lipinski definition) is 10. The molecule has 3 aromatic rings. The van der Waals surface area contributed by atoms with Gasteiger partial charge in [-0.1, -0.05) is 19.9 Å². The summed E-state index contributed by atoms with van der Waals surface area (Å²) in [4.78, 5) is 55.6. The van der Waals surface area contributed by atoms with Crippen molar-refractivity contribution in [3.05, 3.63) is 72.9 Å². The molecule has 14 nitrogen and oxygen atoms in total. The zero-order chi connectivity index (χ0) is 35.8. The Morgan fingerprint density at radius 2 is 1.90 bits per heavy atom. The van der Waals surface area contributed by atoms with E-state index in [9.17, 15) is 22.8 Å². The molecule has 262 valence electrons. The Hall–Kier alpha value is -5.23. The van der Waals surface area contributed by atoms with Gasteiger partial charge in [-0.2, -0.15) is 0 Å². The zero-order valence-electron chi connectivity index (χ0n) is 28.0. The molecule has 1 aliphatic heterocycles. The van der Waals surface area contributed by atoms with Gasteiger partial charge in [0, 0.05) is 30.1 Å². The fourth-order valence-corrected chi connectivity index (χ4v) is 7.68. The van der Waals surface area contributed by atoms with E-state index in [1.165, 1.54) is 23.2 Å². The predicted octanol–water partition coefficient (Wildman–Crippen LogP) is 3.34. The number of aromatic nitrogens is 2. The molecule has 1 saturated heterocycles. The normalized spacial score (nSPS) is 23.4. The first-order chi connectivity index (χ1) is 23.9. The van der Waals surface area contributed by atoms with Crippen LogP contribution in [0.5, 0.6) is 11.6 Å². The summed E-state index contributed by atoms with van der Waals surface area (Å²) in [6.07, 6.45) is 5.08. The van der Waals surface area contributed by atoms with Crippen molar-refractivity contribution in [2.75, 3.05) is 19.0 Å². The van der Waals surface area contributed by atoms with Crippen LogP contribution in [0.3, 0.4) is 0 Å². The molecule has 1 aromatic carbocycles. The van der Waals surface area contributed by atoms with Gasteiger partial charge in [0.1, 0.15) is 35.3 Å². The summed E-state index contributed by atoms with van der Waals surface area (Å²) in [6.45, 7) is 14.8. The third kappa shape index (κ3) is 6.93. The maximum absolute atomic E-state index is 14.4. The Balaban J connectivity index is 1.29. The van der Waals surface area contributed by atoms with Crippen molar-refractivity contribution in [1.29, 1.82) is 0 Å². The van der Waals surface area contributed by atoms with E-state index in [0.717, 1.165) is 5.39 Å². The maximum Gasteiger partial charge on any atom is 0.259 e. The number of amides is 3. The summed E-state index contributed by atoms with van der Waals surface area (Å²) in [5.74, 6) is -1.33. The fourth-order valence-electron chi connectivity index (χ4n) is 6.32. The van der Waals surface area contributed by atoms with Crippen LogP contribution >= 0.6 is 0 Å². The van der Waals surface area contributed by atoms with Crippen LogP contribution < -0.4 is 24.8 Å². The summed E-state index contributed by atoms with van der Waals surface area (Å²) in [5, 5.41) is 6.85. The number of ether oxygens (including phenoxy) is 2. The van der Waals surface area contributed by atoms with Crippen LogP contribution in [0.1, 0.15) is 39.5 Å². The molecular formula is C35H39N7O7S. The average Bonchev–Trinajstić information content (AvgIpc) is 4.03. The number of methoxy groups -OCH3 is 1. The number of carbonyl (C=O) groups is 3. The molecule has 15 heteroatoms. The zero-order valence-corrected chi connectivity index (χ0v) is 28.8. The number of benzene rings is 1. The van der Waals surface area contributed by atoms with Gasteiger partial charge >= 0.3 is 0 Å². The van der Waals surface area contributed by atoms with E-state index in [0.29, 0.717) is 41.4 Å². The van der Waals surface area contributed by atoms with Crippen molar-refractivity contribution in [1.82, 2.24) is 24.9 Å². The molecule has 6 rings (SSSR count). The third-order valence-corrected chi connectivity index (χ3v) is 11.2. The molecule has 50 heavy (non-hydrogen) atoms. The van der Waals surface area contributed by atoms with E-state index in [-0.39, 0.29) is 25.3 Å². The molecule has 3 heterocycles. The van der Waals surface area contributed by atoms with Crippen molar-refractivity contribution >= 4 is 50.0 Å². The van der Waals surface area contributed by atoms with E-state index in [1.54, 1.807) is 25.4 Å². The largest absolute Gasteiger partial charge is 0.497 e. The van der Waals surface area contributed by atoms with Gasteiger partial charge in [-0.25, -0.2) is 23.2 Å². The van der Waals surface area contributed by atoms with Crippen LogP contribution in [-0.4, -0.2) is 83.6 Å². The lowest BCUT2D eigenvalue weighted by Gasteiger charge is -2.31. The first kappa shape index (κ1) is 34.6. The molecule has 2 aliphatic carbocycles. The third-order valence-electron chi connectivity index (χ3n) is 9.42. The van der Waals surface area contributed by atoms with Crippen molar-refractivity contribution in [3.8, 4) is 11.6 Å². The van der Waals surface area contributed by atoms with E-state index >= 15 is 0 Å². The second-order valence-corrected chi connectivity index (χ2v) is 15.2. The van der Waals surface area contributed by atoms with Crippen LogP contribution in [0.2, 0.25) is 0 Å². The minimum atomic E-state index is -3.88. The molecule has 3 aliphatic rings. The quantitative estimate of drug-likeness (QED) is 0.177. The monoisotopic (exact) mass is 701 g/mol. The van der Waals surface area contributed by atoms with Gasteiger partial charge < -0.3 is 25.0 Å². The number of pyridine rings is 2. The second-order valence-electron chi connectivity index (χ2n) is 13.2. The number of carbonyl (C=O) groups excluding carboxylic acids is 3. The number of nitrogens with zero attached hydrogens (tertiary/aromatic N) is 4. The lowest BCUT2D eigenvalue weighted by atomic mass is 10.0. The van der Waals surface area contributed by atoms with Gasteiger partial charge in [0.2, 0.25) is 27.7 Å². The summed E-state index contributed by atoms with van der Waals surface area (Å²) in [5.41, 5.74) is -1.18.